The lowest BCUT2D eigenvalue weighted by Gasteiger charge is -2.18. The second-order valence-electron chi connectivity index (χ2n) is 6.49. The third kappa shape index (κ3) is 8.56. The van der Waals surface area contributed by atoms with Crippen molar-refractivity contribution in [2.45, 2.75) is 33.4 Å². The van der Waals surface area contributed by atoms with Gasteiger partial charge in [0.2, 0.25) is 0 Å². The maximum Gasteiger partial charge on any atom is 0.251 e. The molecule has 0 aliphatic rings. The average molecular weight is 528 g/mol. The zero-order valence-corrected chi connectivity index (χ0v) is 19.9. The van der Waals surface area contributed by atoms with Gasteiger partial charge in [-0.3, -0.25) is 4.79 Å². The summed E-state index contributed by atoms with van der Waals surface area (Å²) in [6.07, 6.45) is -0.253. The van der Waals surface area contributed by atoms with Crippen molar-refractivity contribution in [3.05, 3.63) is 65.5 Å². The normalized spacial score (nSPS) is 11.8. The third-order valence-corrected chi connectivity index (χ3v) is 4.01. The van der Waals surface area contributed by atoms with Gasteiger partial charge < -0.3 is 20.7 Å². The van der Waals surface area contributed by atoms with Crippen LogP contribution in [0.4, 0.5) is 4.39 Å². The summed E-state index contributed by atoms with van der Waals surface area (Å²) in [4.78, 5) is 16.5. The van der Waals surface area contributed by atoms with Crippen molar-refractivity contribution >= 4 is 35.8 Å². The molecule has 1 atom stereocenters. The predicted molar refractivity (Wildman–Crippen MR) is 129 cm³/mol. The minimum atomic E-state index is -0.382. The first kappa shape index (κ1) is 25.7. The van der Waals surface area contributed by atoms with E-state index in [1.165, 1.54) is 6.07 Å². The number of rotatable bonds is 9. The van der Waals surface area contributed by atoms with E-state index in [4.69, 9.17) is 4.74 Å². The summed E-state index contributed by atoms with van der Waals surface area (Å²) in [5.74, 6) is 0.375. The van der Waals surface area contributed by atoms with Gasteiger partial charge in [0.05, 0.1) is 13.1 Å². The number of carbonyl (C=O) groups excluding carboxylic acids is 1. The van der Waals surface area contributed by atoms with Crippen molar-refractivity contribution in [1.82, 2.24) is 16.0 Å². The number of carbonyl (C=O) groups is 1. The van der Waals surface area contributed by atoms with Gasteiger partial charge in [-0.25, -0.2) is 9.38 Å². The highest BCUT2D eigenvalue weighted by Gasteiger charge is 2.09. The Balaban J connectivity index is 0.00000450. The van der Waals surface area contributed by atoms with Crippen molar-refractivity contribution in [2.75, 3.05) is 19.6 Å². The van der Waals surface area contributed by atoms with E-state index >= 15 is 0 Å². The van der Waals surface area contributed by atoms with Crippen molar-refractivity contribution < 1.29 is 13.9 Å². The lowest BCUT2D eigenvalue weighted by molar-refractivity contribution is 0.0955. The lowest BCUT2D eigenvalue weighted by Crippen LogP contribution is -2.41. The van der Waals surface area contributed by atoms with E-state index in [1.807, 2.05) is 39.0 Å². The number of nitrogens with zero attached hydrogens (tertiary/aromatic N) is 1. The summed E-state index contributed by atoms with van der Waals surface area (Å²) in [6, 6.07) is 13.7. The van der Waals surface area contributed by atoms with Crippen molar-refractivity contribution in [3.8, 4) is 5.75 Å². The zero-order valence-electron chi connectivity index (χ0n) is 17.6. The quantitative estimate of drug-likeness (QED) is 0.264. The Hall–Kier alpha value is -2.36. The number of para-hydroxylation sites is 1. The van der Waals surface area contributed by atoms with Crippen molar-refractivity contribution in [3.63, 3.8) is 0 Å². The molecule has 0 saturated carbocycles. The van der Waals surface area contributed by atoms with E-state index in [-0.39, 0.29) is 47.6 Å². The molecule has 1 unspecified atom stereocenters. The number of halogens is 2. The molecule has 2 rings (SSSR count). The summed E-state index contributed by atoms with van der Waals surface area (Å²) in [6.45, 7) is 7.89. The first-order valence-corrected chi connectivity index (χ1v) is 9.84. The Labute approximate surface area is 194 Å². The summed E-state index contributed by atoms with van der Waals surface area (Å²) in [5, 5.41) is 9.16. The number of hydrogen-bond donors (Lipinski definition) is 3. The van der Waals surface area contributed by atoms with E-state index < -0.39 is 0 Å². The molecule has 0 aromatic heterocycles. The minimum absolute atomic E-state index is 0. The molecule has 0 spiro atoms. The van der Waals surface area contributed by atoms with Gasteiger partial charge in [0.15, 0.2) is 17.5 Å². The van der Waals surface area contributed by atoms with E-state index in [0.29, 0.717) is 37.7 Å². The highest BCUT2D eigenvalue weighted by molar-refractivity contribution is 14.0. The summed E-state index contributed by atoms with van der Waals surface area (Å²) < 4.78 is 19.3. The van der Waals surface area contributed by atoms with Gasteiger partial charge in [-0.2, -0.15) is 0 Å². The fourth-order valence-corrected chi connectivity index (χ4v) is 2.62. The number of benzene rings is 2. The first-order valence-electron chi connectivity index (χ1n) is 9.84. The Morgan fingerprint density at radius 1 is 1.07 bits per heavy atom. The molecule has 0 radical (unpaired) electrons. The second kappa shape index (κ2) is 13.8. The predicted octanol–water partition coefficient (Wildman–Crippen LogP) is 3.72. The largest absolute Gasteiger partial charge is 0.486 e. The van der Waals surface area contributed by atoms with Crippen molar-refractivity contribution in [1.29, 1.82) is 0 Å². The van der Waals surface area contributed by atoms with Crippen LogP contribution >= 0.6 is 24.0 Å². The van der Waals surface area contributed by atoms with Crippen LogP contribution in [0.1, 0.15) is 36.7 Å². The second-order valence-corrected chi connectivity index (χ2v) is 6.49. The van der Waals surface area contributed by atoms with Crippen LogP contribution in [0.3, 0.4) is 0 Å². The molecule has 6 nitrogen and oxygen atoms in total. The number of ether oxygens (including phenoxy) is 1. The Morgan fingerprint density at radius 2 is 1.80 bits per heavy atom. The minimum Gasteiger partial charge on any atom is -0.486 e. The zero-order chi connectivity index (χ0) is 21.1. The number of aliphatic imine (C=N–C) groups is 1. The van der Waals surface area contributed by atoms with Crippen LogP contribution < -0.4 is 20.7 Å². The molecule has 3 N–H and O–H groups in total. The number of guanidine groups is 1. The van der Waals surface area contributed by atoms with Crippen LogP contribution in [0.15, 0.2) is 53.5 Å². The summed E-state index contributed by atoms with van der Waals surface area (Å²) in [5.41, 5.74) is 1.55. The molecule has 0 saturated heterocycles. The Kier molecular flexibility index (Phi) is 11.8. The Morgan fingerprint density at radius 3 is 2.50 bits per heavy atom. The van der Waals surface area contributed by atoms with Gasteiger partial charge in [-0.1, -0.05) is 24.3 Å². The fraction of sp³-hybridized carbons (Fsp3) is 0.364. The first-order chi connectivity index (χ1) is 14.0. The molecular formula is C22H30FIN4O2. The molecule has 0 heterocycles. The average Bonchev–Trinajstić information content (AvgIpc) is 2.72. The highest BCUT2D eigenvalue weighted by atomic mass is 127. The van der Waals surface area contributed by atoms with Crippen LogP contribution in [0.5, 0.6) is 5.75 Å². The van der Waals surface area contributed by atoms with Gasteiger partial charge in [-0.15, -0.1) is 24.0 Å². The molecule has 0 aliphatic carbocycles. The van der Waals surface area contributed by atoms with Crippen LogP contribution in [0.2, 0.25) is 0 Å². The SMILES string of the molecule is CCNC(=O)c1cccc(CN=C(NCC)NCC(C)Oc2ccccc2F)c1.I. The number of hydrogen-bond acceptors (Lipinski definition) is 3. The maximum atomic E-state index is 13.7. The van der Waals surface area contributed by atoms with E-state index in [1.54, 1.807) is 24.3 Å². The monoisotopic (exact) mass is 528 g/mol. The molecule has 30 heavy (non-hydrogen) atoms. The van der Waals surface area contributed by atoms with E-state index in [2.05, 4.69) is 20.9 Å². The van der Waals surface area contributed by atoms with Crippen LogP contribution in [-0.4, -0.2) is 37.6 Å². The van der Waals surface area contributed by atoms with Gasteiger partial charge in [0, 0.05) is 18.7 Å². The van der Waals surface area contributed by atoms with Crippen LogP contribution in [0, 0.1) is 5.82 Å². The van der Waals surface area contributed by atoms with Crippen molar-refractivity contribution in [2.24, 2.45) is 4.99 Å². The summed E-state index contributed by atoms with van der Waals surface area (Å²) >= 11 is 0. The molecule has 8 heteroatoms. The van der Waals surface area contributed by atoms with Crippen LogP contribution in [0.25, 0.3) is 0 Å². The van der Waals surface area contributed by atoms with E-state index in [0.717, 1.165) is 5.56 Å². The third-order valence-electron chi connectivity index (χ3n) is 4.01. The standard InChI is InChI=1S/C22H29FN4O2.HI/c1-4-24-21(28)18-10-8-9-17(13-18)15-27-22(25-5-2)26-14-16(3)29-20-12-7-6-11-19(20)23;/h6-13,16H,4-5,14-15H2,1-3H3,(H,24,28)(H2,25,26,27);1H. The topological polar surface area (TPSA) is 74.8 Å². The molecule has 0 fully saturated rings. The molecule has 2 aromatic carbocycles. The summed E-state index contributed by atoms with van der Waals surface area (Å²) in [7, 11) is 0. The van der Waals surface area contributed by atoms with E-state index in [9.17, 15) is 9.18 Å². The molecule has 1 amide bonds. The number of amides is 1. The van der Waals surface area contributed by atoms with Gasteiger partial charge in [0.25, 0.3) is 5.91 Å². The smallest absolute Gasteiger partial charge is 0.251 e. The maximum absolute atomic E-state index is 13.7. The van der Waals surface area contributed by atoms with Gasteiger partial charge in [-0.05, 0) is 50.6 Å². The van der Waals surface area contributed by atoms with Gasteiger partial charge in [0.1, 0.15) is 6.10 Å². The van der Waals surface area contributed by atoms with Gasteiger partial charge >= 0.3 is 0 Å². The molecule has 0 aliphatic heterocycles. The molecule has 0 bridgehead atoms. The molecular weight excluding hydrogens is 498 g/mol. The fourth-order valence-electron chi connectivity index (χ4n) is 2.62. The highest BCUT2D eigenvalue weighted by Crippen LogP contribution is 2.16. The Bertz CT molecular complexity index is 832. The van der Waals surface area contributed by atoms with Crippen LogP contribution in [-0.2, 0) is 6.54 Å². The lowest BCUT2D eigenvalue weighted by atomic mass is 10.1. The molecule has 164 valence electrons. The number of nitrogens with one attached hydrogen (secondary N) is 3. The molecule has 2 aromatic rings.